The van der Waals surface area contributed by atoms with Gasteiger partial charge in [0, 0.05) is 17.7 Å². The van der Waals surface area contributed by atoms with Gasteiger partial charge < -0.3 is 9.67 Å². The van der Waals surface area contributed by atoms with Crippen molar-refractivity contribution in [3.05, 3.63) is 54.1 Å². The highest BCUT2D eigenvalue weighted by Crippen LogP contribution is 2.32. The maximum absolute atomic E-state index is 13.7. The van der Waals surface area contributed by atoms with Crippen LogP contribution in [0, 0.1) is 11.6 Å². The average Bonchev–Trinajstić information content (AvgIpc) is 2.87. The fourth-order valence-corrected chi connectivity index (χ4v) is 2.52. The molecule has 118 valence electrons. The van der Waals surface area contributed by atoms with Crippen LogP contribution in [0.1, 0.15) is 13.8 Å². The Morgan fingerprint density at radius 3 is 2.35 bits per heavy atom. The molecule has 3 aromatic rings. The summed E-state index contributed by atoms with van der Waals surface area (Å²) in [6, 6.07) is 10.9. The van der Waals surface area contributed by atoms with E-state index in [4.69, 9.17) is 0 Å². The van der Waals surface area contributed by atoms with Gasteiger partial charge in [-0.25, -0.2) is 18.6 Å². The zero-order valence-corrected chi connectivity index (χ0v) is 12.5. The highest BCUT2D eigenvalue weighted by Gasteiger charge is 2.34. The fourth-order valence-electron chi connectivity index (χ4n) is 2.52. The van der Waals surface area contributed by atoms with Crippen molar-refractivity contribution in [1.29, 1.82) is 0 Å². The number of carbonyl (C=O) groups is 1. The predicted molar refractivity (Wildman–Crippen MR) is 82.0 cm³/mol. The molecule has 2 aromatic carbocycles. The number of aromatic nitrogens is 2. The molecule has 0 unspecified atom stereocenters. The van der Waals surface area contributed by atoms with E-state index in [9.17, 15) is 18.7 Å². The van der Waals surface area contributed by atoms with Gasteiger partial charge in [0.1, 0.15) is 11.4 Å². The molecular formula is C17H14F2N2O2. The van der Waals surface area contributed by atoms with Crippen molar-refractivity contribution in [2.75, 3.05) is 0 Å². The van der Waals surface area contributed by atoms with Crippen LogP contribution in [0.5, 0.6) is 0 Å². The van der Waals surface area contributed by atoms with E-state index in [0.717, 1.165) is 12.1 Å². The summed E-state index contributed by atoms with van der Waals surface area (Å²) in [6.45, 7) is 2.98. The number of hydrogen-bond acceptors (Lipinski definition) is 2. The molecule has 0 saturated carbocycles. The van der Waals surface area contributed by atoms with Crippen LogP contribution in [-0.2, 0) is 10.3 Å². The van der Waals surface area contributed by atoms with Crippen LogP contribution in [0.2, 0.25) is 0 Å². The lowest BCUT2D eigenvalue weighted by molar-refractivity contribution is -0.145. The Hall–Kier alpha value is -2.76. The van der Waals surface area contributed by atoms with Crippen molar-refractivity contribution in [2.45, 2.75) is 19.4 Å². The number of carboxylic acids is 1. The summed E-state index contributed by atoms with van der Waals surface area (Å²) in [6.07, 6.45) is 0. The molecule has 4 nitrogen and oxygen atoms in total. The van der Waals surface area contributed by atoms with Crippen LogP contribution in [-0.4, -0.2) is 20.6 Å². The summed E-state index contributed by atoms with van der Waals surface area (Å²) in [4.78, 5) is 16.0. The van der Waals surface area contributed by atoms with Crippen molar-refractivity contribution in [3.8, 4) is 11.4 Å². The Morgan fingerprint density at radius 1 is 1.13 bits per heavy atom. The first-order valence-corrected chi connectivity index (χ1v) is 6.99. The van der Waals surface area contributed by atoms with E-state index in [-0.39, 0.29) is 11.0 Å². The number of nitrogens with zero attached hydrogens (tertiary/aromatic N) is 2. The number of fused-ring (bicyclic) bond motifs is 1. The smallest absolute Gasteiger partial charge is 0.329 e. The molecule has 0 spiro atoms. The Balaban J connectivity index is 2.42. The van der Waals surface area contributed by atoms with E-state index in [1.165, 1.54) is 18.4 Å². The second kappa shape index (κ2) is 5.15. The largest absolute Gasteiger partial charge is 0.480 e. The maximum atomic E-state index is 13.7. The minimum Gasteiger partial charge on any atom is -0.480 e. The van der Waals surface area contributed by atoms with Crippen molar-refractivity contribution in [2.24, 2.45) is 0 Å². The number of aliphatic carboxylic acids is 1. The molecular weight excluding hydrogens is 302 g/mol. The summed E-state index contributed by atoms with van der Waals surface area (Å²) in [7, 11) is 0. The molecule has 1 heterocycles. The van der Waals surface area contributed by atoms with E-state index in [1.54, 1.807) is 24.3 Å². The van der Waals surface area contributed by atoms with Gasteiger partial charge in [-0.2, -0.15) is 0 Å². The van der Waals surface area contributed by atoms with Gasteiger partial charge in [0.15, 0.2) is 11.6 Å². The quantitative estimate of drug-likeness (QED) is 0.799. The van der Waals surface area contributed by atoms with Crippen molar-refractivity contribution >= 4 is 17.0 Å². The number of rotatable bonds is 3. The number of carboxylic acid groups (broad SMARTS) is 1. The molecule has 0 fully saturated rings. The third-order valence-electron chi connectivity index (χ3n) is 3.81. The second-order valence-corrected chi connectivity index (χ2v) is 5.76. The zero-order chi connectivity index (χ0) is 16.8. The summed E-state index contributed by atoms with van der Waals surface area (Å²) in [5.74, 6) is -2.81. The SMILES string of the molecule is CC(C)(C(=O)O)n1c(-c2ccccc2)nc2cc(F)c(F)cc21. The molecule has 6 heteroatoms. The van der Waals surface area contributed by atoms with E-state index < -0.39 is 23.1 Å². The van der Waals surface area contributed by atoms with Crippen molar-refractivity contribution in [1.82, 2.24) is 9.55 Å². The first kappa shape index (κ1) is 15.1. The Bertz CT molecular complexity index is 902. The standard InChI is InChI=1S/C17H14F2N2O2/c1-17(2,16(22)23)21-14-9-12(19)11(18)8-13(14)20-15(21)10-6-4-3-5-7-10/h3-9H,1-2H3,(H,22,23). The molecule has 0 radical (unpaired) electrons. The molecule has 23 heavy (non-hydrogen) atoms. The number of benzene rings is 2. The Kier molecular flexibility index (Phi) is 3.39. The van der Waals surface area contributed by atoms with Gasteiger partial charge >= 0.3 is 5.97 Å². The molecule has 3 rings (SSSR count). The molecule has 0 amide bonds. The summed E-state index contributed by atoms with van der Waals surface area (Å²) in [5.41, 5.74) is -0.282. The van der Waals surface area contributed by atoms with Gasteiger partial charge in [0.2, 0.25) is 0 Å². The highest BCUT2D eigenvalue weighted by atomic mass is 19.2. The zero-order valence-electron chi connectivity index (χ0n) is 12.5. The van der Waals surface area contributed by atoms with Crippen molar-refractivity contribution < 1.29 is 18.7 Å². The van der Waals surface area contributed by atoms with Crippen LogP contribution in [0.3, 0.4) is 0 Å². The molecule has 0 aliphatic carbocycles. The van der Waals surface area contributed by atoms with E-state index in [2.05, 4.69) is 4.98 Å². The van der Waals surface area contributed by atoms with Crippen LogP contribution in [0.15, 0.2) is 42.5 Å². The fraction of sp³-hybridized carbons (Fsp3) is 0.176. The second-order valence-electron chi connectivity index (χ2n) is 5.76. The molecule has 0 aliphatic rings. The van der Waals surface area contributed by atoms with Crippen LogP contribution >= 0.6 is 0 Å². The summed E-state index contributed by atoms with van der Waals surface area (Å²) < 4.78 is 28.6. The van der Waals surface area contributed by atoms with E-state index in [1.807, 2.05) is 6.07 Å². The summed E-state index contributed by atoms with van der Waals surface area (Å²) in [5, 5.41) is 9.55. The lowest BCUT2D eigenvalue weighted by atomic mass is 10.0. The number of hydrogen-bond donors (Lipinski definition) is 1. The van der Waals surface area contributed by atoms with Gasteiger partial charge in [-0.15, -0.1) is 0 Å². The van der Waals surface area contributed by atoms with Gasteiger partial charge in [-0.3, -0.25) is 0 Å². The molecule has 0 atom stereocenters. The van der Waals surface area contributed by atoms with Gasteiger partial charge in [0.25, 0.3) is 0 Å². The Morgan fingerprint density at radius 2 is 1.74 bits per heavy atom. The molecule has 1 aromatic heterocycles. The average molecular weight is 316 g/mol. The number of halogens is 2. The topological polar surface area (TPSA) is 55.1 Å². The van der Waals surface area contributed by atoms with E-state index >= 15 is 0 Å². The predicted octanol–water partition coefficient (Wildman–Crippen LogP) is 3.80. The Labute approximate surface area is 131 Å². The van der Waals surface area contributed by atoms with Gasteiger partial charge in [-0.05, 0) is 13.8 Å². The maximum Gasteiger partial charge on any atom is 0.329 e. The molecule has 1 N–H and O–H groups in total. The normalized spacial score (nSPS) is 11.8. The third-order valence-corrected chi connectivity index (χ3v) is 3.81. The van der Waals surface area contributed by atoms with Crippen LogP contribution in [0.4, 0.5) is 8.78 Å². The molecule has 0 aliphatic heterocycles. The van der Waals surface area contributed by atoms with Crippen LogP contribution in [0.25, 0.3) is 22.4 Å². The minimum atomic E-state index is -1.38. The first-order chi connectivity index (χ1) is 10.8. The van der Waals surface area contributed by atoms with Gasteiger partial charge in [-0.1, -0.05) is 30.3 Å². The lowest BCUT2D eigenvalue weighted by Gasteiger charge is -2.24. The summed E-state index contributed by atoms with van der Waals surface area (Å²) >= 11 is 0. The van der Waals surface area contributed by atoms with Crippen LogP contribution < -0.4 is 0 Å². The minimum absolute atomic E-state index is 0.206. The lowest BCUT2D eigenvalue weighted by Crippen LogP contribution is -2.36. The molecule has 0 saturated heterocycles. The highest BCUT2D eigenvalue weighted by molar-refractivity contribution is 5.86. The first-order valence-electron chi connectivity index (χ1n) is 6.99. The monoisotopic (exact) mass is 316 g/mol. The third kappa shape index (κ3) is 2.36. The van der Waals surface area contributed by atoms with E-state index in [0.29, 0.717) is 11.4 Å². The van der Waals surface area contributed by atoms with Crippen molar-refractivity contribution in [3.63, 3.8) is 0 Å². The number of imidazole rings is 1. The van der Waals surface area contributed by atoms with Gasteiger partial charge in [0.05, 0.1) is 11.0 Å². The molecule has 0 bridgehead atoms.